The van der Waals surface area contributed by atoms with Gasteiger partial charge >= 0.3 is 5.97 Å². The molecule has 2 aromatic heterocycles. The molecule has 8 heteroatoms. The molecule has 0 amide bonds. The van der Waals surface area contributed by atoms with Crippen molar-refractivity contribution in [1.82, 2.24) is 10.2 Å². The maximum absolute atomic E-state index is 13.5. The summed E-state index contributed by atoms with van der Waals surface area (Å²) in [5.41, 5.74) is 0.706. The van der Waals surface area contributed by atoms with Crippen LogP contribution in [-0.4, -0.2) is 21.9 Å². The minimum Gasteiger partial charge on any atom is -0.466 e. The van der Waals surface area contributed by atoms with Gasteiger partial charge in [0.25, 0.3) is 11.8 Å². The molecule has 0 radical (unpaired) electrons. The molecule has 0 atom stereocenters. The number of nitrogens with zero attached hydrogens (tertiary/aromatic N) is 2. The number of furan rings is 1. The van der Waals surface area contributed by atoms with Crippen LogP contribution in [0.15, 0.2) is 44.1 Å². The number of ether oxygens (including phenoxy) is 1. The van der Waals surface area contributed by atoms with E-state index in [0.717, 1.165) is 17.5 Å². The minimum absolute atomic E-state index is 0.0119. The fraction of sp³-hybridized carbons (Fsp3) is 0.235. The Labute approximate surface area is 147 Å². The largest absolute Gasteiger partial charge is 0.466 e. The van der Waals surface area contributed by atoms with Crippen molar-refractivity contribution in [3.63, 3.8) is 0 Å². The van der Waals surface area contributed by atoms with Crippen LogP contribution in [0.4, 0.5) is 4.39 Å². The summed E-state index contributed by atoms with van der Waals surface area (Å²) in [6.45, 7) is 3.48. The van der Waals surface area contributed by atoms with Crippen LogP contribution in [0.2, 0.25) is 0 Å². The Kier molecular flexibility index (Phi) is 5.18. The molecule has 0 aliphatic carbocycles. The van der Waals surface area contributed by atoms with Crippen LogP contribution in [0.25, 0.3) is 11.5 Å². The molecule has 0 bridgehead atoms. The van der Waals surface area contributed by atoms with Gasteiger partial charge in [-0.1, -0.05) is 12.1 Å². The van der Waals surface area contributed by atoms with Gasteiger partial charge < -0.3 is 13.6 Å². The molecule has 0 unspecified atom stereocenters. The quantitative estimate of drug-likeness (QED) is 0.486. The molecule has 130 valence electrons. The molecule has 2 heterocycles. The average molecular weight is 362 g/mol. The zero-order chi connectivity index (χ0) is 17.8. The Balaban J connectivity index is 1.53. The number of thioether (sulfide) groups is 1. The molecule has 1 aromatic carbocycles. The monoisotopic (exact) mass is 362 g/mol. The third-order valence-corrected chi connectivity index (χ3v) is 4.30. The van der Waals surface area contributed by atoms with Crippen molar-refractivity contribution in [2.24, 2.45) is 0 Å². The number of hydrogen-bond donors (Lipinski definition) is 0. The smallest absolute Gasteiger partial charge is 0.316 e. The zero-order valence-corrected chi connectivity index (χ0v) is 14.4. The lowest BCUT2D eigenvalue weighted by molar-refractivity contribution is -0.142. The summed E-state index contributed by atoms with van der Waals surface area (Å²) in [7, 11) is 0. The first kappa shape index (κ1) is 17.2. The third kappa shape index (κ3) is 4.27. The number of rotatable bonds is 6. The van der Waals surface area contributed by atoms with E-state index in [-0.39, 0.29) is 24.1 Å². The lowest BCUT2D eigenvalue weighted by Gasteiger charge is -2.03. The van der Waals surface area contributed by atoms with Crippen LogP contribution in [0, 0.1) is 19.7 Å². The molecule has 0 saturated heterocycles. The molecule has 0 fully saturated rings. The van der Waals surface area contributed by atoms with Gasteiger partial charge in [-0.25, -0.2) is 4.39 Å². The molecule has 0 spiro atoms. The second-order valence-corrected chi connectivity index (χ2v) is 6.22. The molecule has 0 aliphatic rings. The number of carbonyl (C=O) groups is 1. The topological polar surface area (TPSA) is 78.4 Å². The summed E-state index contributed by atoms with van der Waals surface area (Å²) >= 11 is 1.07. The van der Waals surface area contributed by atoms with E-state index in [2.05, 4.69) is 10.2 Å². The average Bonchev–Trinajstić information content (AvgIpc) is 3.18. The van der Waals surface area contributed by atoms with Crippen molar-refractivity contribution in [2.75, 3.05) is 5.75 Å². The number of halogens is 1. The lowest BCUT2D eigenvalue weighted by atomic mass is 10.2. The molecule has 0 N–H and O–H groups in total. The van der Waals surface area contributed by atoms with Gasteiger partial charge in [-0.2, -0.15) is 0 Å². The van der Waals surface area contributed by atoms with Gasteiger partial charge in [-0.05, 0) is 32.0 Å². The standard InChI is InChI=1S/C17H15FN2O4S/c1-10-7-12(11(2)23-10)17-20-19-15(24-17)8-22-16(21)9-25-14-6-4-3-5-13(14)18/h3-7H,8-9H2,1-2H3. The summed E-state index contributed by atoms with van der Waals surface area (Å²) in [4.78, 5) is 12.2. The number of carbonyl (C=O) groups excluding carboxylic acids is 1. The van der Waals surface area contributed by atoms with Crippen molar-refractivity contribution in [3.8, 4) is 11.5 Å². The minimum atomic E-state index is -0.497. The van der Waals surface area contributed by atoms with E-state index in [1.807, 2.05) is 6.92 Å². The molecule has 0 aliphatic heterocycles. The Hall–Kier alpha value is -2.61. The number of hydrogen-bond acceptors (Lipinski definition) is 7. The molecule has 3 rings (SSSR count). The molecule has 3 aromatic rings. The SMILES string of the molecule is Cc1cc(-c2nnc(COC(=O)CSc3ccccc3F)o2)c(C)o1. The van der Waals surface area contributed by atoms with E-state index in [4.69, 9.17) is 13.6 Å². The Morgan fingerprint density at radius 3 is 2.76 bits per heavy atom. The van der Waals surface area contributed by atoms with Crippen molar-refractivity contribution < 1.29 is 22.8 Å². The van der Waals surface area contributed by atoms with Crippen LogP contribution in [0.1, 0.15) is 17.4 Å². The predicted octanol–water partition coefficient (Wildman–Crippen LogP) is 3.92. The van der Waals surface area contributed by atoms with E-state index in [1.54, 1.807) is 31.2 Å². The fourth-order valence-corrected chi connectivity index (χ4v) is 2.88. The van der Waals surface area contributed by atoms with Gasteiger partial charge in [0, 0.05) is 4.90 Å². The fourth-order valence-electron chi connectivity index (χ4n) is 2.15. The molecular weight excluding hydrogens is 347 g/mol. The van der Waals surface area contributed by atoms with Crippen LogP contribution >= 0.6 is 11.8 Å². The van der Waals surface area contributed by atoms with Gasteiger partial charge in [-0.3, -0.25) is 4.79 Å². The Bertz CT molecular complexity index is 890. The highest BCUT2D eigenvalue weighted by Gasteiger charge is 2.16. The van der Waals surface area contributed by atoms with Crippen molar-refractivity contribution in [3.05, 3.63) is 53.6 Å². The van der Waals surface area contributed by atoms with Crippen LogP contribution in [-0.2, 0) is 16.1 Å². The number of aryl methyl sites for hydroxylation is 2. The maximum Gasteiger partial charge on any atom is 0.316 e. The van der Waals surface area contributed by atoms with Crippen LogP contribution in [0.3, 0.4) is 0 Å². The maximum atomic E-state index is 13.5. The van der Waals surface area contributed by atoms with E-state index in [9.17, 15) is 9.18 Å². The first-order chi connectivity index (χ1) is 12.0. The Morgan fingerprint density at radius 1 is 1.24 bits per heavy atom. The molecule has 6 nitrogen and oxygen atoms in total. The normalized spacial score (nSPS) is 10.8. The van der Waals surface area contributed by atoms with E-state index >= 15 is 0 Å². The first-order valence-corrected chi connectivity index (χ1v) is 8.44. The second kappa shape index (κ2) is 7.52. The Morgan fingerprint density at radius 2 is 2.04 bits per heavy atom. The number of aromatic nitrogens is 2. The van der Waals surface area contributed by atoms with Crippen LogP contribution < -0.4 is 0 Å². The van der Waals surface area contributed by atoms with Crippen molar-refractivity contribution in [1.29, 1.82) is 0 Å². The third-order valence-electron chi connectivity index (χ3n) is 3.28. The number of benzene rings is 1. The van der Waals surface area contributed by atoms with Gasteiger partial charge in [0.2, 0.25) is 0 Å². The first-order valence-electron chi connectivity index (χ1n) is 7.45. The summed E-state index contributed by atoms with van der Waals surface area (Å²) in [6, 6.07) is 8.04. The zero-order valence-electron chi connectivity index (χ0n) is 13.6. The van der Waals surface area contributed by atoms with E-state index in [0.29, 0.717) is 22.1 Å². The highest BCUT2D eigenvalue weighted by atomic mass is 32.2. The van der Waals surface area contributed by atoms with E-state index in [1.165, 1.54) is 6.07 Å². The highest BCUT2D eigenvalue weighted by Crippen LogP contribution is 2.25. The van der Waals surface area contributed by atoms with Crippen molar-refractivity contribution in [2.45, 2.75) is 25.3 Å². The molecular formula is C17H15FN2O4S. The van der Waals surface area contributed by atoms with Crippen molar-refractivity contribution >= 4 is 17.7 Å². The molecule has 0 saturated carbocycles. The molecule has 25 heavy (non-hydrogen) atoms. The number of esters is 1. The summed E-state index contributed by atoms with van der Waals surface area (Å²) in [5.74, 6) is 1.02. The van der Waals surface area contributed by atoms with Gasteiger partial charge in [0.15, 0.2) is 6.61 Å². The van der Waals surface area contributed by atoms with Gasteiger partial charge in [0.1, 0.15) is 17.3 Å². The van der Waals surface area contributed by atoms with Gasteiger partial charge in [0.05, 0.1) is 11.3 Å². The van der Waals surface area contributed by atoms with Gasteiger partial charge in [-0.15, -0.1) is 22.0 Å². The summed E-state index contributed by atoms with van der Waals surface area (Å²) in [5, 5.41) is 7.77. The summed E-state index contributed by atoms with van der Waals surface area (Å²) in [6.07, 6.45) is 0. The van der Waals surface area contributed by atoms with Crippen LogP contribution in [0.5, 0.6) is 0 Å². The lowest BCUT2D eigenvalue weighted by Crippen LogP contribution is -2.07. The predicted molar refractivity (Wildman–Crippen MR) is 88.4 cm³/mol. The second-order valence-electron chi connectivity index (χ2n) is 5.21. The highest BCUT2D eigenvalue weighted by molar-refractivity contribution is 8.00. The van der Waals surface area contributed by atoms with E-state index < -0.39 is 5.97 Å². The summed E-state index contributed by atoms with van der Waals surface area (Å²) < 4.78 is 29.4.